The van der Waals surface area contributed by atoms with E-state index in [2.05, 4.69) is 4.98 Å². The molecule has 0 aliphatic rings. The number of nitrogens with zero attached hydrogens (tertiary/aromatic N) is 1. The number of H-pyrrole nitrogens is 1. The van der Waals surface area contributed by atoms with Crippen LogP contribution >= 0.6 is 0 Å². The summed E-state index contributed by atoms with van der Waals surface area (Å²) in [4.78, 5) is 14.3. The van der Waals surface area contributed by atoms with Crippen molar-refractivity contribution < 1.29 is 4.92 Å². The molecule has 0 radical (unpaired) electrons. The molecule has 110 valence electrons. The molecule has 22 heavy (non-hydrogen) atoms. The number of aromatic amines is 1. The molecule has 3 aromatic rings. The molecule has 0 spiro atoms. The van der Waals surface area contributed by atoms with Gasteiger partial charge in [0.05, 0.1) is 10.5 Å². The summed E-state index contributed by atoms with van der Waals surface area (Å²) in [6.07, 6.45) is 1.99. The monoisotopic (exact) mass is 292 g/mol. The minimum atomic E-state index is -0.330. The van der Waals surface area contributed by atoms with Crippen LogP contribution in [0.3, 0.4) is 0 Å². The zero-order chi connectivity index (χ0) is 15.7. The minimum absolute atomic E-state index is 0.132. The van der Waals surface area contributed by atoms with Gasteiger partial charge in [-0.15, -0.1) is 0 Å². The summed E-state index contributed by atoms with van der Waals surface area (Å²) in [5.74, 6) is 0. The molecule has 4 heteroatoms. The summed E-state index contributed by atoms with van der Waals surface area (Å²) in [6.45, 7) is 3.89. The number of rotatable bonds is 2. The Bertz CT molecular complexity index is 984. The van der Waals surface area contributed by atoms with Crippen LogP contribution in [0.1, 0.15) is 19.4 Å². The SMILES string of the molecule is C/C=c1/[nH]c2ccccc2/c1=C(/C)c1ccccc1[N+](=O)[O-]. The Kier molecular flexibility index (Phi) is 3.51. The molecule has 0 bridgehead atoms. The van der Waals surface area contributed by atoms with Crippen LogP contribution in [0.5, 0.6) is 0 Å². The molecule has 0 saturated heterocycles. The fourth-order valence-corrected chi connectivity index (χ4v) is 2.87. The van der Waals surface area contributed by atoms with Crippen LogP contribution in [0.25, 0.3) is 22.6 Å². The zero-order valence-electron chi connectivity index (χ0n) is 12.5. The topological polar surface area (TPSA) is 58.9 Å². The number of nitro benzene ring substituents is 1. The molecule has 0 unspecified atom stereocenters. The lowest BCUT2D eigenvalue weighted by molar-refractivity contribution is -0.385. The van der Waals surface area contributed by atoms with Crippen LogP contribution in [-0.4, -0.2) is 9.91 Å². The van der Waals surface area contributed by atoms with E-state index in [9.17, 15) is 10.1 Å². The van der Waals surface area contributed by atoms with Gasteiger partial charge in [0.2, 0.25) is 0 Å². The number of para-hydroxylation sites is 2. The number of hydrogen-bond acceptors (Lipinski definition) is 2. The predicted octanol–water partition coefficient (Wildman–Crippen LogP) is 3.10. The Morgan fingerprint density at radius 2 is 1.82 bits per heavy atom. The second kappa shape index (κ2) is 5.48. The van der Waals surface area contributed by atoms with E-state index in [1.54, 1.807) is 18.2 Å². The fraction of sp³-hybridized carbons (Fsp3) is 0.111. The number of hydrogen-bond donors (Lipinski definition) is 1. The number of nitro groups is 1. The smallest absolute Gasteiger partial charge is 0.276 e. The summed E-state index contributed by atoms with van der Waals surface area (Å²) < 4.78 is 0. The van der Waals surface area contributed by atoms with Crippen LogP contribution in [0.4, 0.5) is 5.69 Å². The third-order valence-electron chi connectivity index (χ3n) is 3.90. The molecule has 0 amide bonds. The largest absolute Gasteiger partial charge is 0.355 e. The van der Waals surface area contributed by atoms with E-state index in [-0.39, 0.29) is 10.6 Å². The van der Waals surface area contributed by atoms with Crippen molar-refractivity contribution in [1.82, 2.24) is 4.98 Å². The first-order chi connectivity index (χ1) is 10.6. The predicted molar refractivity (Wildman–Crippen MR) is 89.0 cm³/mol. The number of aromatic nitrogens is 1. The van der Waals surface area contributed by atoms with Gasteiger partial charge in [-0.2, -0.15) is 0 Å². The lowest BCUT2D eigenvalue weighted by Crippen LogP contribution is -2.25. The van der Waals surface area contributed by atoms with Gasteiger partial charge in [-0.25, -0.2) is 0 Å². The third-order valence-corrected chi connectivity index (χ3v) is 3.90. The molecule has 1 N–H and O–H groups in total. The van der Waals surface area contributed by atoms with E-state index in [0.717, 1.165) is 27.0 Å². The van der Waals surface area contributed by atoms with Crippen molar-refractivity contribution in [2.75, 3.05) is 0 Å². The summed E-state index contributed by atoms with van der Waals surface area (Å²) in [6, 6.07) is 14.9. The summed E-state index contributed by atoms with van der Waals surface area (Å²) in [5, 5.41) is 14.4. The van der Waals surface area contributed by atoms with E-state index in [4.69, 9.17) is 0 Å². The summed E-state index contributed by atoms with van der Waals surface area (Å²) in [7, 11) is 0. The molecular weight excluding hydrogens is 276 g/mol. The van der Waals surface area contributed by atoms with Crippen molar-refractivity contribution in [2.24, 2.45) is 0 Å². The second-order valence-electron chi connectivity index (χ2n) is 5.15. The Hall–Kier alpha value is -2.88. The first kappa shape index (κ1) is 14.1. The molecule has 1 aromatic heterocycles. The number of fused-ring (bicyclic) bond motifs is 1. The van der Waals surface area contributed by atoms with Gasteiger partial charge in [0.1, 0.15) is 0 Å². The van der Waals surface area contributed by atoms with Gasteiger partial charge in [0.25, 0.3) is 5.69 Å². The van der Waals surface area contributed by atoms with E-state index in [1.807, 2.05) is 50.3 Å². The highest BCUT2D eigenvalue weighted by atomic mass is 16.6. The second-order valence-corrected chi connectivity index (χ2v) is 5.15. The maximum atomic E-state index is 11.3. The molecule has 3 rings (SSSR count). The molecule has 4 nitrogen and oxygen atoms in total. The summed E-state index contributed by atoms with van der Waals surface area (Å²) >= 11 is 0. The average molecular weight is 292 g/mol. The maximum Gasteiger partial charge on any atom is 0.276 e. The lowest BCUT2D eigenvalue weighted by Gasteiger charge is -2.03. The van der Waals surface area contributed by atoms with E-state index in [0.29, 0.717) is 5.56 Å². The van der Waals surface area contributed by atoms with Crippen molar-refractivity contribution in [3.05, 3.63) is 74.8 Å². The number of benzene rings is 2. The molecular formula is C18H16N2O2. The molecule has 0 atom stereocenters. The highest BCUT2D eigenvalue weighted by Crippen LogP contribution is 2.23. The van der Waals surface area contributed by atoms with Crippen molar-refractivity contribution in [3.63, 3.8) is 0 Å². The van der Waals surface area contributed by atoms with Crippen LogP contribution in [0.15, 0.2) is 48.5 Å². The zero-order valence-corrected chi connectivity index (χ0v) is 12.5. The van der Waals surface area contributed by atoms with Gasteiger partial charge in [0.15, 0.2) is 0 Å². The van der Waals surface area contributed by atoms with Gasteiger partial charge in [0, 0.05) is 27.5 Å². The Morgan fingerprint density at radius 3 is 2.55 bits per heavy atom. The first-order valence-electron chi connectivity index (χ1n) is 7.11. The Balaban J connectivity index is 2.48. The summed E-state index contributed by atoms with van der Waals surface area (Å²) in [5.41, 5.74) is 2.72. The number of nitrogens with one attached hydrogen (secondary N) is 1. The normalized spacial score (nSPS) is 13.5. The Labute approximate surface area is 127 Å². The first-order valence-corrected chi connectivity index (χ1v) is 7.11. The highest BCUT2D eigenvalue weighted by Gasteiger charge is 2.15. The van der Waals surface area contributed by atoms with Gasteiger partial charge in [-0.05, 0) is 31.6 Å². The van der Waals surface area contributed by atoms with Gasteiger partial charge in [-0.1, -0.05) is 36.4 Å². The quantitative estimate of drug-likeness (QED) is 0.583. The average Bonchev–Trinajstić information content (AvgIpc) is 2.92. The maximum absolute atomic E-state index is 11.3. The van der Waals surface area contributed by atoms with Crippen LogP contribution in [-0.2, 0) is 0 Å². The molecule has 0 fully saturated rings. The van der Waals surface area contributed by atoms with Crippen molar-refractivity contribution in [2.45, 2.75) is 13.8 Å². The van der Waals surface area contributed by atoms with E-state index < -0.39 is 0 Å². The molecule has 2 aromatic carbocycles. The standard InChI is InChI=1S/C18H16N2O2/c1-3-15-18(14-9-4-6-10-16(14)19-15)12(2)13-8-5-7-11-17(13)20(21)22/h3-11,19H,1-2H3/b15-3+,18-12+. The highest BCUT2D eigenvalue weighted by molar-refractivity contribution is 5.85. The van der Waals surface area contributed by atoms with Crippen molar-refractivity contribution >= 4 is 28.2 Å². The molecule has 1 heterocycles. The fourth-order valence-electron chi connectivity index (χ4n) is 2.87. The van der Waals surface area contributed by atoms with Crippen molar-refractivity contribution in [3.8, 4) is 0 Å². The van der Waals surface area contributed by atoms with E-state index in [1.165, 1.54) is 0 Å². The minimum Gasteiger partial charge on any atom is -0.355 e. The molecule has 0 saturated carbocycles. The third kappa shape index (κ3) is 2.19. The van der Waals surface area contributed by atoms with Gasteiger partial charge in [-0.3, -0.25) is 10.1 Å². The van der Waals surface area contributed by atoms with Gasteiger partial charge >= 0.3 is 0 Å². The molecule has 0 aliphatic heterocycles. The Morgan fingerprint density at radius 1 is 1.14 bits per heavy atom. The lowest BCUT2D eigenvalue weighted by atomic mass is 10.0. The van der Waals surface area contributed by atoms with Crippen LogP contribution < -0.4 is 10.6 Å². The van der Waals surface area contributed by atoms with E-state index >= 15 is 0 Å². The molecule has 0 aliphatic carbocycles. The van der Waals surface area contributed by atoms with Crippen molar-refractivity contribution in [1.29, 1.82) is 0 Å². The van der Waals surface area contributed by atoms with Crippen LogP contribution in [0, 0.1) is 10.1 Å². The van der Waals surface area contributed by atoms with Gasteiger partial charge < -0.3 is 4.98 Å². The van der Waals surface area contributed by atoms with Crippen LogP contribution in [0.2, 0.25) is 0 Å².